The van der Waals surface area contributed by atoms with Crippen molar-refractivity contribution in [2.24, 2.45) is 18.7 Å². The molecule has 1 aromatic heterocycles. The quantitative estimate of drug-likeness (QED) is 0.907. The molecular weight excluding hydrogens is 252 g/mol. The molecule has 2 N–H and O–H groups in total. The molecule has 1 fully saturated rings. The van der Waals surface area contributed by atoms with E-state index in [1.54, 1.807) is 0 Å². The molecule has 0 aliphatic carbocycles. The zero-order valence-electron chi connectivity index (χ0n) is 12.7. The van der Waals surface area contributed by atoms with Crippen LogP contribution in [0.4, 0.5) is 0 Å². The maximum Gasteiger partial charge on any atom is 0.239 e. The van der Waals surface area contributed by atoms with Gasteiger partial charge in [-0.15, -0.1) is 0 Å². The highest BCUT2D eigenvalue weighted by atomic mass is 16.2. The van der Waals surface area contributed by atoms with E-state index in [1.165, 1.54) is 5.69 Å². The van der Waals surface area contributed by atoms with Crippen LogP contribution >= 0.6 is 0 Å². The first-order valence-electron chi connectivity index (χ1n) is 7.56. The van der Waals surface area contributed by atoms with Crippen LogP contribution < -0.4 is 5.73 Å². The van der Waals surface area contributed by atoms with Crippen molar-refractivity contribution in [3.05, 3.63) is 18.0 Å². The molecule has 112 valence electrons. The van der Waals surface area contributed by atoms with Crippen molar-refractivity contribution in [1.29, 1.82) is 0 Å². The van der Waals surface area contributed by atoms with Crippen LogP contribution in [0, 0.1) is 5.92 Å². The lowest BCUT2D eigenvalue weighted by atomic mass is 9.92. The number of hydrogen-bond donors (Lipinski definition) is 1. The lowest BCUT2D eigenvalue weighted by Gasteiger charge is -2.34. The Morgan fingerprint density at radius 1 is 1.50 bits per heavy atom. The summed E-state index contributed by atoms with van der Waals surface area (Å²) >= 11 is 0. The van der Waals surface area contributed by atoms with E-state index in [1.807, 2.05) is 29.7 Å². The minimum atomic E-state index is -0.353. The van der Waals surface area contributed by atoms with Gasteiger partial charge in [-0.05, 0) is 24.8 Å². The molecule has 0 aromatic carbocycles. The molecule has 2 heterocycles. The number of amides is 1. The number of rotatable bonds is 4. The molecule has 0 radical (unpaired) electrons. The number of aromatic nitrogens is 2. The molecule has 2 rings (SSSR count). The minimum absolute atomic E-state index is 0.114. The molecule has 1 aliphatic rings. The van der Waals surface area contributed by atoms with E-state index in [0.29, 0.717) is 5.92 Å². The smallest absolute Gasteiger partial charge is 0.239 e. The van der Waals surface area contributed by atoms with Crippen molar-refractivity contribution in [3.8, 4) is 0 Å². The van der Waals surface area contributed by atoms with Gasteiger partial charge in [0.2, 0.25) is 5.91 Å². The molecule has 1 aromatic rings. The Labute approximate surface area is 121 Å². The van der Waals surface area contributed by atoms with Crippen molar-refractivity contribution < 1.29 is 4.79 Å². The van der Waals surface area contributed by atoms with Gasteiger partial charge in [-0.25, -0.2) is 0 Å². The summed E-state index contributed by atoms with van der Waals surface area (Å²) in [5.74, 6) is 0.867. The predicted octanol–water partition coefficient (Wildman–Crippen LogP) is 1.50. The molecule has 0 spiro atoms. The normalized spacial score (nSPS) is 19.9. The summed E-state index contributed by atoms with van der Waals surface area (Å²) in [5, 5.41) is 4.22. The SMILES string of the molecule is CC[C@@H](C)[C@H](N)C(=O)N1CCC(c2ccnn2C)CC1. The molecule has 0 unspecified atom stereocenters. The molecule has 5 nitrogen and oxygen atoms in total. The second-order valence-corrected chi connectivity index (χ2v) is 5.89. The second kappa shape index (κ2) is 6.39. The Morgan fingerprint density at radius 3 is 2.65 bits per heavy atom. The monoisotopic (exact) mass is 278 g/mol. The van der Waals surface area contributed by atoms with Crippen LogP contribution in [-0.2, 0) is 11.8 Å². The minimum Gasteiger partial charge on any atom is -0.341 e. The molecule has 0 bridgehead atoms. The third-order valence-electron chi connectivity index (χ3n) is 4.63. The summed E-state index contributed by atoms with van der Waals surface area (Å²) in [6.07, 6.45) is 4.78. The van der Waals surface area contributed by atoms with Gasteiger partial charge in [-0.2, -0.15) is 5.10 Å². The van der Waals surface area contributed by atoms with E-state index >= 15 is 0 Å². The van der Waals surface area contributed by atoms with Crippen molar-refractivity contribution >= 4 is 5.91 Å². The van der Waals surface area contributed by atoms with Gasteiger partial charge >= 0.3 is 0 Å². The van der Waals surface area contributed by atoms with Crippen LogP contribution in [0.3, 0.4) is 0 Å². The molecule has 5 heteroatoms. The summed E-state index contributed by atoms with van der Waals surface area (Å²) in [6, 6.07) is 1.72. The Bertz CT molecular complexity index is 448. The highest BCUT2D eigenvalue weighted by molar-refractivity contribution is 5.82. The highest BCUT2D eigenvalue weighted by Crippen LogP contribution is 2.27. The van der Waals surface area contributed by atoms with Gasteiger partial charge in [-0.1, -0.05) is 20.3 Å². The van der Waals surface area contributed by atoms with Gasteiger partial charge in [0.15, 0.2) is 0 Å². The van der Waals surface area contributed by atoms with Crippen molar-refractivity contribution in [3.63, 3.8) is 0 Å². The van der Waals surface area contributed by atoms with Gasteiger partial charge in [0.05, 0.1) is 6.04 Å². The van der Waals surface area contributed by atoms with Crippen molar-refractivity contribution in [2.75, 3.05) is 13.1 Å². The fraction of sp³-hybridized carbons (Fsp3) is 0.733. The maximum absolute atomic E-state index is 12.3. The number of aryl methyl sites for hydroxylation is 1. The molecule has 0 saturated carbocycles. The molecule has 20 heavy (non-hydrogen) atoms. The van der Waals surface area contributed by atoms with Crippen LogP contribution in [0.5, 0.6) is 0 Å². The summed E-state index contributed by atoms with van der Waals surface area (Å²) in [4.78, 5) is 14.3. The van der Waals surface area contributed by atoms with Gasteiger partial charge in [0, 0.05) is 37.9 Å². The lowest BCUT2D eigenvalue weighted by Crippen LogP contribution is -2.49. The molecule has 1 amide bonds. The fourth-order valence-electron chi connectivity index (χ4n) is 2.89. The van der Waals surface area contributed by atoms with Crippen LogP contribution in [0.1, 0.15) is 44.7 Å². The van der Waals surface area contributed by atoms with Crippen LogP contribution in [0.15, 0.2) is 12.3 Å². The van der Waals surface area contributed by atoms with Gasteiger partial charge < -0.3 is 10.6 Å². The molecular formula is C15H26N4O. The standard InChI is InChI=1S/C15H26N4O/c1-4-11(2)14(16)15(20)19-9-6-12(7-10-19)13-5-8-17-18(13)3/h5,8,11-12,14H,4,6-7,9-10,16H2,1-3H3/t11-,14+/m1/s1. The number of likely N-dealkylation sites (tertiary alicyclic amines) is 1. The zero-order chi connectivity index (χ0) is 14.7. The average molecular weight is 278 g/mol. The summed E-state index contributed by atoms with van der Waals surface area (Å²) in [5.41, 5.74) is 7.32. The zero-order valence-corrected chi connectivity index (χ0v) is 12.7. The Kier molecular flexibility index (Phi) is 4.81. The predicted molar refractivity (Wildman–Crippen MR) is 79.2 cm³/mol. The Balaban J connectivity index is 1.91. The molecule has 1 aliphatic heterocycles. The number of nitrogens with zero attached hydrogens (tertiary/aromatic N) is 3. The van der Waals surface area contributed by atoms with Gasteiger partial charge in [0.25, 0.3) is 0 Å². The summed E-state index contributed by atoms with van der Waals surface area (Å²) in [6.45, 7) is 5.73. The largest absolute Gasteiger partial charge is 0.341 e. The average Bonchev–Trinajstić information content (AvgIpc) is 2.91. The third-order valence-corrected chi connectivity index (χ3v) is 4.63. The van der Waals surface area contributed by atoms with Crippen LogP contribution in [-0.4, -0.2) is 39.7 Å². The molecule has 2 atom stereocenters. The highest BCUT2D eigenvalue weighted by Gasteiger charge is 2.29. The Morgan fingerprint density at radius 2 is 2.15 bits per heavy atom. The van der Waals surface area contributed by atoms with Crippen LogP contribution in [0.2, 0.25) is 0 Å². The van der Waals surface area contributed by atoms with E-state index in [2.05, 4.69) is 18.1 Å². The van der Waals surface area contributed by atoms with E-state index in [-0.39, 0.29) is 17.9 Å². The fourth-order valence-corrected chi connectivity index (χ4v) is 2.89. The van der Waals surface area contributed by atoms with E-state index in [0.717, 1.165) is 32.4 Å². The first kappa shape index (κ1) is 15.0. The van der Waals surface area contributed by atoms with Crippen molar-refractivity contribution in [2.45, 2.75) is 45.1 Å². The lowest BCUT2D eigenvalue weighted by molar-refractivity contribution is -0.134. The van der Waals surface area contributed by atoms with Crippen molar-refractivity contribution in [1.82, 2.24) is 14.7 Å². The van der Waals surface area contributed by atoms with Gasteiger partial charge in [0.1, 0.15) is 0 Å². The number of carbonyl (C=O) groups excluding carboxylic acids is 1. The van der Waals surface area contributed by atoms with E-state index in [9.17, 15) is 4.79 Å². The number of nitrogens with two attached hydrogens (primary N) is 1. The number of piperidine rings is 1. The van der Waals surface area contributed by atoms with E-state index in [4.69, 9.17) is 5.73 Å². The Hall–Kier alpha value is -1.36. The number of hydrogen-bond acceptors (Lipinski definition) is 3. The summed E-state index contributed by atoms with van der Waals surface area (Å²) < 4.78 is 1.94. The first-order chi connectivity index (χ1) is 9.54. The van der Waals surface area contributed by atoms with Gasteiger partial charge in [-0.3, -0.25) is 9.48 Å². The first-order valence-corrected chi connectivity index (χ1v) is 7.56. The molecule has 1 saturated heterocycles. The summed E-state index contributed by atoms with van der Waals surface area (Å²) in [7, 11) is 1.98. The maximum atomic E-state index is 12.3. The third kappa shape index (κ3) is 3.03. The second-order valence-electron chi connectivity index (χ2n) is 5.89. The topological polar surface area (TPSA) is 64.2 Å². The van der Waals surface area contributed by atoms with Crippen LogP contribution in [0.25, 0.3) is 0 Å². The number of carbonyl (C=O) groups is 1. The van der Waals surface area contributed by atoms with E-state index < -0.39 is 0 Å².